The van der Waals surface area contributed by atoms with E-state index in [1.165, 1.54) is 13.0 Å². The van der Waals surface area contributed by atoms with Gasteiger partial charge in [0.1, 0.15) is 10.7 Å². The zero-order valence-electron chi connectivity index (χ0n) is 9.71. The molecule has 1 aromatic rings. The van der Waals surface area contributed by atoms with E-state index in [2.05, 4.69) is 26.9 Å². The molecule has 0 atom stereocenters. The molecule has 0 aliphatic carbocycles. The molecule has 1 heterocycles. The van der Waals surface area contributed by atoms with Crippen molar-refractivity contribution in [2.75, 3.05) is 0 Å². The van der Waals surface area contributed by atoms with Crippen LogP contribution in [0.25, 0.3) is 0 Å². The molecule has 0 fully saturated rings. The van der Waals surface area contributed by atoms with Gasteiger partial charge < -0.3 is 10.5 Å². The number of nitrogens with zero attached hydrogens (tertiary/aromatic N) is 2. The number of hydrogen-bond donors (Lipinski definition) is 1. The van der Waals surface area contributed by atoms with Crippen LogP contribution in [0.2, 0.25) is 0 Å². The largest absolute Gasteiger partial charge is 0.441 e. The van der Waals surface area contributed by atoms with Crippen molar-refractivity contribution in [3.8, 4) is 6.01 Å². The highest BCUT2D eigenvalue weighted by atomic mass is 32.1. The number of aryl methyl sites for hydroxylation is 1. The van der Waals surface area contributed by atoms with E-state index >= 15 is 0 Å². The van der Waals surface area contributed by atoms with Gasteiger partial charge in [0.25, 0.3) is 6.10 Å². The molecule has 0 saturated carbocycles. The SMILES string of the molecule is Cc1cc(C(N)=S)nc(OC(C(F)(F)F)C(F)(F)F)n1. The zero-order valence-corrected chi connectivity index (χ0v) is 10.5. The highest BCUT2D eigenvalue weighted by molar-refractivity contribution is 7.80. The Morgan fingerprint density at radius 1 is 1.20 bits per heavy atom. The van der Waals surface area contributed by atoms with Gasteiger partial charge in [-0.25, -0.2) is 4.98 Å². The third-order valence-electron chi connectivity index (χ3n) is 1.90. The van der Waals surface area contributed by atoms with Crippen LogP contribution >= 0.6 is 12.2 Å². The van der Waals surface area contributed by atoms with Crippen molar-refractivity contribution in [3.05, 3.63) is 17.5 Å². The highest BCUT2D eigenvalue weighted by Crippen LogP contribution is 2.35. The van der Waals surface area contributed by atoms with Gasteiger partial charge in [-0.2, -0.15) is 31.3 Å². The van der Waals surface area contributed by atoms with Crippen molar-refractivity contribution in [3.63, 3.8) is 0 Å². The summed E-state index contributed by atoms with van der Waals surface area (Å²) in [4.78, 5) is 6.33. The van der Waals surface area contributed by atoms with Crippen LogP contribution in [0.1, 0.15) is 11.4 Å². The molecule has 4 nitrogen and oxygen atoms in total. The lowest BCUT2D eigenvalue weighted by Crippen LogP contribution is -2.47. The van der Waals surface area contributed by atoms with Crippen LogP contribution in [0.3, 0.4) is 0 Å². The summed E-state index contributed by atoms with van der Waals surface area (Å²) in [5.41, 5.74) is 5.06. The first-order valence-corrected chi connectivity index (χ1v) is 5.27. The Labute approximate surface area is 114 Å². The van der Waals surface area contributed by atoms with Crippen molar-refractivity contribution >= 4 is 17.2 Å². The topological polar surface area (TPSA) is 61.0 Å². The van der Waals surface area contributed by atoms with E-state index in [0.29, 0.717) is 0 Å². The van der Waals surface area contributed by atoms with Gasteiger partial charge in [-0.1, -0.05) is 12.2 Å². The quantitative estimate of drug-likeness (QED) is 0.684. The number of thiocarbonyl (C=S) groups is 1. The average Bonchev–Trinajstić information content (AvgIpc) is 2.22. The monoisotopic (exact) mass is 319 g/mol. The number of hydrogen-bond acceptors (Lipinski definition) is 4. The maximum atomic E-state index is 12.3. The molecule has 1 aromatic heterocycles. The molecule has 0 aliphatic heterocycles. The van der Waals surface area contributed by atoms with E-state index in [1.54, 1.807) is 0 Å². The molecule has 0 aliphatic rings. The number of halogens is 6. The first kappa shape index (κ1) is 16.4. The first-order chi connectivity index (χ1) is 8.91. The maximum absolute atomic E-state index is 12.3. The molecule has 0 radical (unpaired) electrons. The Balaban J connectivity index is 3.15. The second-order valence-electron chi connectivity index (χ2n) is 3.62. The molecule has 1 rings (SSSR count). The summed E-state index contributed by atoms with van der Waals surface area (Å²) in [5.74, 6) is 0. The fourth-order valence-electron chi connectivity index (χ4n) is 1.14. The van der Waals surface area contributed by atoms with Gasteiger partial charge in [0, 0.05) is 5.69 Å². The number of aromatic nitrogens is 2. The minimum Gasteiger partial charge on any atom is -0.441 e. The Hall–Kier alpha value is -1.65. The molecular formula is C9H7F6N3OS. The van der Waals surface area contributed by atoms with E-state index in [9.17, 15) is 26.3 Å². The summed E-state index contributed by atoms with van der Waals surface area (Å²) >= 11 is 4.53. The van der Waals surface area contributed by atoms with Gasteiger partial charge in [-0.3, -0.25) is 0 Å². The Bertz CT molecular complexity index is 501. The Kier molecular flexibility index (Phi) is 4.42. The fourth-order valence-corrected chi connectivity index (χ4v) is 1.25. The zero-order chi connectivity index (χ0) is 15.7. The van der Waals surface area contributed by atoms with Crippen LogP contribution in [0, 0.1) is 6.92 Å². The number of rotatable bonds is 3. The molecule has 0 unspecified atom stereocenters. The van der Waals surface area contributed by atoms with Gasteiger partial charge in [-0.05, 0) is 13.0 Å². The standard InChI is InChI=1S/C9H7F6N3OS/c1-3-2-4(5(16)20)18-7(17-3)19-6(8(10,11)12)9(13,14)15/h2,6H,1H3,(H2,16,20). The minimum atomic E-state index is -5.66. The molecule has 2 N–H and O–H groups in total. The van der Waals surface area contributed by atoms with Crippen LogP contribution in [-0.2, 0) is 0 Å². The van der Waals surface area contributed by atoms with E-state index in [0.717, 1.165) is 0 Å². The average molecular weight is 319 g/mol. The Morgan fingerprint density at radius 2 is 1.70 bits per heavy atom. The lowest BCUT2D eigenvalue weighted by molar-refractivity contribution is -0.301. The van der Waals surface area contributed by atoms with E-state index in [4.69, 9.17) is 5.73 Å². The van der Waals surface area contributed by atoms with Crippen LogP contribution < -0.4 is 10.5 Å². The van der Waals surface area contributed by atoms with E-state index in [1.807, 2.05) is 0 Å². The molecule has 0 amide bonds. The first-order valence-electron chi connectivity index (χ1n) is 4.87. The van der Waals surface area contributed by atoms with Crippen LogP contribution in [0.15, 0.2) is 6.07 Å². The molecular weight excluding hydrogens is 312 g/mol. The Morgan fingerprint density at radius 3 is 2.10 bits per heavy atom. The van der Waals surface area contributed by atoms with Crippen molar-refractivity contribution in [1.29, 1.82) is 0 Å². The van der Waals surface area contributed by atoms with Gasteiger partial charge >= 0.3 is 18.4 Å². The number of ether oxygens (including phenoxy) is 1. The minimum absolute atomic E-state index is 0.0564. The second kappa shape index (κ2) is 5.38. The van der Waals surface area contributed by atoms with Crippen molar-refractivity contribution < 1.29 is 31.1 Å². The van der Waals surface area contributed by atoms with Gasteiger partial charge in [0.15, 0.2) is 0 Å². The molecule has 0 aromatic carbocycles. The molecule has 11 heteroatoms. The number of alkyl halides is 6. The maximum Gasteiger partial charge on any atom is 0.434 e. The van der Waals surface area contributed by atoms with Crippen molar-refractivity contribution in [2.45, 2.75) is 25.4 Å². The van der Waals surface area contributed by atoms with Crippen LogP contribution in [0.5, 0.6) is 6.01 Å². The van der Waals surface area contributed by atoms with Crippen molar-refractivity contribution in [2.24, 2.45) is 5.73 Å². The predicted molar refractivity (Wildman–Crippen MR) is 59.2 cm³/mol. The molecule has 0 bridgehead atoms. The van der Waals surface area contributed by atoms with Crippen molar-refractivity contribution in [1.82, 2.24) is 9.97 Å². The van der Waals surface area contributed by atoms with E-state index in [-0.39, 0.29) is 16.4 Å². The fraction of sp³-hybridized carbons (Fsp3) is 0.444. The third-order valence-corrected chi connectivity index (χ3v) is 2.11. The molecule has 0 saturated heterocycles. The molecule has 0 spiro atoms. The summed E-state index contributed by atoms with van der Waals surface area (Å²) < 4.78 is 77.7. The van der Waals surface area contributed by atoms with Gasteiger partial charge in [0.05, 0.1) is 0 Å². The summed E-state index contributed by atoms with van der Waals surface area (Å²) in [6, 6.07) is 0.0956. The summed E-state index contributed by atoms with van der Waals surface area (Å²) in [6.07, 6.45) is -15.3. The smallest absolute Gasteiger partial charge is 0.434 e. The lowest BCUT2D eigenvalue weighted by atomic mass is 10.3. The summed E-state index contributed by atoms with van der Waals surface area (Å²) in [7, 11) is 0. The summed E-state index contributed by atoms with van der Waals surface area (Å²) in [5, 5.41) is 0. The molecule has 20 heavy (non-hydrogen) atoms. The summed E-state index contributed by atoms with van der Waals surface area (Å²) in [6.45, 7) is 1.31. The van der Waals surface area contributed by atoms with Crippen LogP contribution in [0.4, 0.5) is 26.3 Å². The third kappa shape index (κ3) is 4.18. The normalized spacial score (nSPS) is 12.6. The van der Waals surface area contributed by atoms with Crippen LogP contribution in [-0.4, -0.2) is 33.4 Å². The van der Waals surface area contributed by atoms with Gasteiger partial charge in [-0.15, -0.1) is 0 Å². The predicted octanol–water partition coefficient (Wildman–Crippen LogP) is 2.29. The highest BCUT2D eigenvalue weighted by Gasteiger charge is 2.59. The van der Waals surface area contributed by atoms with Gasteiger partial charge in [0.2, 0.25) is 0 Å². The lowest BCUT2D eigenvalue weighted by Gasteiger charge is -2.22. The molecule has 112 valence electrons. The van der Waals surface area contributed by atoms with E-state index < -0.39 is 24.5 Å². The second-order valence-corrected chi connectivity index (χ2v) is 4.06. The number of nitrogens with two attached hydrogens (primary N) is 1.